The van der Waals surface area contributed by atoms with Gasteiger partial charge in [0.25, 0.3) is 5.91 Å². The van der Waals surface area contributed by atoms with Gasteiger partial charge in [-0.3, -0.25) is 4.79 Å². The number of nitrogens with one attached hydrogen (secondary N) is 1. The number of hydrogen-bond donors (Lipinski definition) is 2. The van der Waals surface area contributed by atoms with Gasteiger partial charge in [-0.05, 0) is 43.5 Å². The molecule has 0 spiro atoms. The van der Waals surface area contributed by atoms with Crippen LogP contribution >= 0.6 is 0 Å². The van der Waals surface area contributed by atoms with Crippen molar-refractivity contribution in [2.24, 2.45) is 0 Å². The minimum Gasteiger partial charge on any atom is -0.389 e. The van der Waals surface area contributed by atoms with E-state index in [9.17, 15) is 18.7 Å². The lowest BCUT2D eigenvalue weighted by Crippen LogP contribution is -2.64. The van der Waals surface area contributed by atoms with Crippen LogP contribution in [0.5, 0.6) is 0 Å². The summed E-state index contributed by atoms with van der Waals surface area (Å²) in [6.07, 6.45) is -0.307. The Balaban J connectivity index is 1.06. The van der Waals surface area contributed by atoms with Crippen molar-refractivity contribution in [1.29, 1.82) is 0 Å². The first kappa shape index (κ1) is 34.2. The van der Waals surface area contributed by atoms with Crippen LogP contribution in [0, 0.1) is 11.6 Å². The highest BCUT2D eigenvalue weighted by Gasteiger charge is 2.54. The first-order chi connectivity index (χ1) is 25.4. The Morgan fingerprint density at radius 3 is 2.50 bits per heavy atom. The molecule has 1 amide bonds. The van der Waals surface area contributed by atoms with Gasteiger partial charge in [0.1, 0.15) is 41.7 Å². The van der Waals surface area contributed by atoms with Crippen molar-refractivity contribution in [3.05, 3.63) is 108 Å². The van der Waals surface area contributed by atoms with Crippen LogP contribution in [-0.4, -0.2) is 91.3 Å². The monoisotopic (exact) mass is 713 g/mol. The number of halogens is 2. The highest BCUT2D eigenvalue weighted by molar-refractivity contribution is 5.82. The van der Waals surface area contributed by atoms with E-state index in [0.29, 0.717) is 41.8 Å². The zero-order valence-corrected chi connectivity index (χ0v) is 28.1. The normalized spacial score (nSPS) is 29.0. The second kappa shape index (κ2) is 14.6. The predicted molar refractivity (Wildman–Crippen MR) is 180 cm³/mol. The van der Waals surface area contributed by atoms with Crippen molar-refractivity contribution in [2.75, 3.05) is 13.7 Å². The van der Waals surface area contributed by atoms with Gasteiger partial charge in [0, 0.05) is 23.8 Å². The van der Waals surface area contributed by atoms with Gasteiger partial charge in [0.15, 0.2) is 12.4 Å². The average Bonchev–Trinajstić information content (AvgIpc) is 3.86. The molecule has 0 unspecified atom stereocenters. The largest absolute Gasteiger partial charge is 0.389 e. The maximum absolute atomic E-state index is 14.2. The molecule has 2 N–H and O–H groups in total. The van der Waals surface area contributed by atoms with Crippen LogP contribution in [-0.2, 0) is 23.7 Å². The number of ether oxygens (including phenoxy) is 4. The molecule has 3 aliphatic rings. The Kier molecular flexibility index (Phi) is 9.59. The van der Waals surface area contributed by atoms with Crippen molar-refractivity contribution in [3.8, 4) is 22.5 Å². The summed E-state index contributed by atoms with van der Waals surface area (Å²) in [5.74, 6) is -1.32. The molecule has 5 aromatic rings. The van der Waals surface area contributed by atoms with Gasteiger partial charge in [-0.25, -0.2) is 18.1 Å². The van der Waals surface area contributed by atoms with E-state index in [-0.39, 0.29) is 6.61 Å². The zero-order valence-electron chi connectivity index (χ0n) is 28.1. The highest BCUT2D eigenvalue weighted by Crippen LogP contribution is 2.41. The standard InChI is InChI=1S/C37H37F2N7O6/c1-49-34-31(45-19-27(42-44-45)22-10-5-12-24(38)16-22)33-30(20-50-37(52-33)21-8-3-2-4-9-21)51-35(34)36(48)41-26-14-7-15-28(32(26)47)46-29(18-40-43-46)23-11-6-13-25(39)17-23/h2-6,8-13,16-19,26,28,30-35,37,47H,7,14-15,20H2,1H3,(H,41,48)/t26-,28+,30-,31+,32+,33+,34-,35-,37+/m1/s1. The number of rotatable bonds is 8. The van der Waals surface area contributed by atoms with Gasteiger partial charge >= 0.3 is 0 Å². The number of benzene rings is 3. The molecular weight excluding hydrogens is 676 g/mol. The van der Waals surface area contributed by atoms with E-state index in [1.165, 1.54) is 37.6 Å². The van der Waals surface area contributed by atoms with Crippen LogP contribution in [0.2, 0.25) is 0 Å². The molecule has 15 heteroatoms. The van der Waals surface area contributed by atoms with E-state index < -0.39 is 72.5 Å². The maximum Gasteiger partial charge on any atom is 0.252 e. The Bertz CT molecular complexity index is 2010. The van der Waals surface area contributed by atoms with E-state index in [1.807, 2.05) is 30.3 Å². The third-order valence-electron chi connectivity index (χ3n) is 10.0. The Morgan fingerprint density at radius 2 is 1.73 bits per heavy atom. The number of aliphatic hydroxyl groups is 1. The quantitative estimate of drug-likeness (QED) is 0.240. The smallest absolute Gasteiger partial charge is 0.252 e. The molecule has 3 aromatic carbocycles. The van der Waals surface area contributed by atoms with Crippen molar-refractivity contribution >= 4 is 5.91 Å². The molecule has 270 valence electrons. The van der Waals surface area contributed by atoms with Crippen LogP contribution in [0.1, 0.15) is 43.2 Å². The number of aromatic nitrogens is 6. The average molecular weight is 714 g/mol. The summed E-state index contributed by atoms with van der Waals surface area (Å²) in [7, 11) is 1.48. The molecule has 1 aliphatic carbocycles. The fourth-order valence-corrected chi connectivity index (χ4v) is 7.55. The number of amides is 1. The molecule has 3 fully saturated rings. The number of aliphatic hydroxyl groups excluding tert-OH is 1. The summed E-state index contributed by atoms with van der Waals surface area (Å²) >= 11 is 0. The van der Waals surface area contributed by atoms with Crippen molar-refractivity contribution in [3.63, 3.8) is 0 Å². The van der Waals surface area contributed by atoms with Gasteiger partial charge in [0.2, 0.25) is 0 Å². The number of carbonyl (C=O) groups is 1. The molecule has 2 saturated heterocycles. The summed E-state index contributed by atoms with van der Waals surface area (Å²) in [6.45, 7) is 0.107. The number of hydrogen-bond acceptors (Lipinski definition) is 10. The van der Waals surface area contributed by atoms with E-state index in [2.05, 4.69) is 25.9 Å². The van der Waals surface area contributed by atoms with E-state index in [1.54, 1.807) is 39.8 Å². The van der Waals surface area contributed by atoms with Crippen LogP contribution in [0.25, 0.3) is 22.5 Å². The summed E-state index contributed by atoms with van der Waals surface area (Å²) < 4.78 is 56.4. The molecular formula is C37H37F2N7O6. The topological polar surface area (TPSA) is 148 Å². The van der Waals surface area contributed by atoms with Crippen LogP contribution in [0.3, 0.4) is 0 Å². The van der Waals surface area contributed by atoms with E-state index in [4.69, 9.17) is 18.9 Å². The summed E-state index contributed by atoms with van der Waals surface area (Å²) in [6, 6.07) is 19.7. The lowest BCUT2D eigenvalue weighted by Gasteiger charge is -2.48. The molecule has 13 nitrogen and oxygen atoms in total. The molecule has 2 aromatic heterocycles. The third kappa shape index (κ3) is 6.61. The SMILES string of the molecule is CO[C@@H]1[C@@H](n2cc(-c3cccc(F)c3)nn2)[C@H]2O[C@@H](c3ccccc3)OC[C@H]2O[C@H]1C(=O)N[C@@H]1CCC[C@H](n2nncc2-c2cccc(F)c2)[C@H]1O. The number of nitrogens with zero attached hydrogens (tertiary/aromatic N) is 6. The second-order valence-electron chi connectivity index (χ2n) is 13.2. The molecule has 0 radical (unpaired) electrons. The Hall–Kier alpha value is -4.93. The van der Waals surface area contributed by atoms with Gasteiger partial charge in [0.05, 0.1) is 42.9 Å². The van der Waals surface area contributed by atoms with E-state index >= 15 is 0 Å². The Labute approximate surface area is 297 Å². The van der Waals surface area contributed by atoms with Crippen LogP contribution in [0.15, 0.2) is 91.3 Å². The summed E-state index contributed by atoms with van der Waals surface area (Å²) in [5.41, 5.74) is 2.88. The third-order valence-corrected chi connectivity index (χ3v) is 10.0. The lowest BCUT2D eigenvalue weighted by atomic mass is 9.87. The van der Waals surface area contributed by atoms with Crippen molar-refractivity contribution in [1.82, 2.24) is 35.3 Å². The molecule has 1 saturated carbocycles. The molecule has 52 heavy (non-hydrogen) atoms. The van der Waals surface area contributed by atoms with Gasteiger partial charge in [-0.15, -0.1) is 10.2 Å². The molecule has 8 rings (SSSR count). The van der Waals surface area contributed by atoms with Crippen molar-refractivity contribution < 1.29 is 37.6 Å². The number of methoxy groups -OCH3 is 1. The number of carbonyl (C=O) groups excluding carboxylic acids is 1. The van der Waals surface area contributed by atoms with Crippen LogP contribution < -0.4 is 5.32 Å². The molecule has 9 atom stereocenters. The zero-order chi connectivity index (χ0) is 35.8. The van der Waals surface area contributed by atoms with Gasteiger partial charge in [-0.1, -0.05) is 65.0 Å². The highest BCUT2D eigenvalue weighted by atomic mass is 19.1. The summed E-state index contributed by atoms with van der Waals surface area (Å²) in [5, 5.41) is 31.7. The first-order valence-electron chi connectivity index (χ1n) is 17.2. The fraction of sp³-hybridized carbons (Fsp3) is 0.378. The lowest BCUT2D eigenvalue weighted by molar-refractivity contribution is -0.314. The first-order valence-corrected chi connectivity index (χ1v) is 17.2. The minimum absolute atomic E-state index is 0.107. The van der Waals surface area contributed by atoms with Gasteiger partial charge in [-0.2, -0.15) is 0 Å². The second-order valence-corrected chi connectivity index (χ2v) is 13.2. The van der Waals surface area contributed by atoms with Gasteiger partial charge < -0.3 is 29.4 Å². The van der Waals surface area contributed by atoms with Crippen molar-refractivity contribution in [2.45, 2.75) is 74.2 Å². The summed E-state index contributed by atoms with van der Waals surface area (Å²) in [4.78, 5) is 14.2. The Morgan fingerprint density at radius 1 is 0.962 bits per heavy atom. The van der Waals surface area contributed by atoms with E-state index in [0.717, 1.165) is 5.56 Å². The number of fused-ring (bicyclic) bond motifs is 1. The molecule has 0 bridgehead atoms. The predicted octanol–water partition coefficient (Wildman–Crippen LogP) is 4.19. The fourth-order valence-electron chi connectivity index (χ4n) is 7.55. The van der Waals surface area contributed by atoms with Crippen LogP contribution in [0.4, 0.5) is 8.78 Å². The maximum atomic E-state index is 14.2. The minimum atomic E-state index is -1.17. The molecule has 4 heterocycles. The molecule has 2 aliphatic heterocycles.